The molecule has 0 saturated heterocycles. The van der Waals surface area contributed by atoms with Crippen LogP contribution in [0.25, 0.3) is 161 Å². The van der Waals surface area contributed by atoms with Crippen LogP contribution in [0.4, 0.5) is 0 Å². The Hall–Kier alpha value is -11.7. The molecule has 4 heterocycles. The van der Waals surface area contributed by atoms with E-state index in [0.717, 1.165) is 55.7 Å². The molecular formula is C87H60N6. The van der Waals surface area contributed by atoms with Gasteiger partial charge >= 0.3 is 0 Å². The Kier molecular flexibility index (Phi) is 11.4. The maximum absolute atomic E-state index is 5.10. The van der Waals surface area contributed by atoms with Crippen LogP contribution in [0, 0.1) is 0 Å². The van der Waals surface area contributed by atoms with Gasteiger partial charge in [0.05, 0.1) is 33.1 Å². The molecule has 0 bridgehead atoms. The summed E-state index contributed by atoms with van der Waals surface area (Å²) in [5.41, 5.74) is 28.3. The van der Waals surface area contributed by atoms with Crippen molar-refractivity contribution >= 4 is 65.4 Å². The third-order valence-electron chi connectivity index (χ3n) is 20.5. The SMILES string of the molecule is CC1(C)c2ccccc2-c2ccc(-n3c4ccccc4c4ccc(-c5ccc6c(c5)c5cc(-c7ccc8c9ccccc9n(-c9ccc%10c(c9)C(C)(C)c9ccccc9-%10)c8c7)ccc5n6-c5ccc(-c6nc(-c7ccccc7)nc(-c7ccccc7)n6)cc5)cc43)cc21. The zero-order valence-electron chi connectivity index (χ0n) is 51.9. The fourth-order valence-corrected chi connectivity index (χ4v) is 15.9. The van der Waals surface area contributed by atoms with E-state index in [2.05, 4.69) is 296 Å². The number of aromatic nitrogens is 6. The first-order valence-electron chi connectivity index (χ1n) is 32.2. The average molecular weight is 1190 g/mol. The Morgan fingerprint density at radius 2 is 0.538 bits per heavy atom. The lowest BCUT2D eigenvalue weighted by Gasteiger charge is -2.22. The summed E-state index contributed by atoms with van der Waals surface area (Å²) in [6.07, 6.45) is 0. The molecule has 0 saturated carbocycles. The van der Waals surface area contributed by atoms with Crippen molar-refractivity contribution in [3.63, 3.8) is 0 Å². The van der Waals surface area contributed by atoms with Crippen molar-refractivity contribution in [2.45, 2.75) is 38.5 Å². The molecule has 0 aliphatic heterocycles. The van der Waals surface area contributed by atoms with Gasteiger partial charge in [-0.25, -0.2) is 15.0 Å². The third kappa shape index (κ3) is 7.98. The van der Waals surface area contributed by atoms with Gasteiger partial charge in [-0.2, -0.15) is 0 Å². The van der Waals surface area contributed by atoms with Gasteiger partial charge in [0, 0.05) is 76.9 Å². The van der Waals surface area contributed by atoms with Gasteiger partial charge in [-0.15, -0.1) is 0 Å². The summed E-state index contributed by atoms with van der Waals surface area (Å²) in [5, 5.41) is 7.28. The van der Waals surface area contributed by atoms with Crippen molar-refractivity contribution < 1.29 is 0 Å². The smallest absolute Gasteiger partial charge is 0.164 e. The standard InChI is InChI=1S/C87H60N6/c1-86(2)73-27-15-11-23-63(73)65-43-39-61(51-75(65)86)92-77-29-17-13-25-67(77)69-41-33-58(49-81(69)92)56-35-45-79-71(47-56)72-48-57(36-46-80(72)91(79)60-37-31-55(32-38-60)85-89-83(53-19-7-5-8-20-53)88-84(90-85)54-21-9-6-10-22-54)59-34-42-70-68-26-14-18-30-78(68)93(82(70)50-59)62-40-44-66-64-24-12-16-28-74(64)87(3,4)76(66)52-62/h5-52H,1-4H3. The van der Waals surface area contributed by atoms with Crippen molar-refractivity contribution in [1.29, 1.82) is 0 Å². The molecule has 0 radical (unpaired) electrons. The predicted octanol–water partition coefficient (Wildman–Crippen LogP) is 22.1. The molecule has 6 nitrogen and oxygen atoms in total. The van der Waals surface area contributed by atoms with Crippen LogP contribution in [-0.4, -0.2) is 28.7 Å². The highest BCUT2D eigenvalue weighted by molar-refractivity contribution is 6.14. The van der Waals surface area contributed by atoms with Crippen molar-refractivity contribution in [1.82, 2.24) is 28.7 Å². The predicted molar refractivity (Wildman–Crippen MR) is 385 cm³/mol. The molecule has 2 aliphatic rings. The number of rotatable bonds is 8. The molecule has 4 aromatic heterocycles. The second-order valence-electron chi connectivity index (χ2n) is 26.4. The monoisotopic (exact) mass is 1190 g/mol. The number of hydrogen-bond acceptors (Lipinski definition) is 3. The minimum Gasteiger partial charge on any atom is -0.309 e. The van der Waals surface area contributed by atoms with Crippen LogP contribution in [-0.2, 0) is 10.8 Å². The molecule has 438 valence electrons. The molecule has 13 aromatic carbocycles. The first kappa shape index (κ1) is 53.1. The first-order valence-corrected chi connectivity index (χ1v) is 32.2. The number of nitrogens with zero attached hydrogens (tertiary/aromatic N) is 6. The second-order valence-corrected chi connectivity index (χ2v) is 26.4. The van der Waals surface area contributed by atoms with Gasteiger partial charge in [-0.1, -0.05) is 222 Å². The molecule has 0 N–H and O–H groups in total. The Morgan fingerprint density at radius 3 is 1.00 bits per heavy atom. The summed E-state index contributed by atoms with van der Waals surface area (Å²) in [6, 6.07) is 107. The quantitative estimate of drug-likeness (QED) is 0.152. The number of para-hydroxylation sites is 2. The zero-order chi connectivity index (χ0) is 61.8. The lowest BCUT2D eigenvalue weighted by molar-refractivity contribution is 0.660. The van der Waals surface area contributed by atoms with E-state index in [1.54, 1.807) is 0 Å². The molecule has 17 aromatic rings. The van der Waals surface area contributed by atoms with Crippen LogP contribution in [0.1, 0.15) is 49.9 Å². The van der Waals surface area contributed by atoms with Crippen LogP contribution in [0.15, 0.2) is 291 Å². The summed E-state index contributed by atoms with van der Waals surface area (Å²) in [4.78, 5) is 15.2. The minimum absolute atomic E-state index is 0.129. The minimum atomic E-state index is -0.129. The normalized spacial score (nSPS) is 13.5. The van der Waals surface area contributed by atoms with Crippen LogP contribution < -0.4 is 0 Å². The third-order valence-corrected chi connectivity index (χ3v) is 20.5. The summed E-state index contributed by atoms with van der Waals surface area (Å²) >= 11 is 0. The molecule has 2 aliphatic carbocycles. The van der Waals surface area contributed by atoms with Gasteiger partial charge in [0.25, 0.3) is 0 Å². The van der Waals surface area contributed by atoms with Crippen molar-refractivity contribution in [2.75, 3.05) is 0 Å². The van der Waals surface area contributed by atoms with Gasteiger partial charge < -0.3 is 13.7 Å². The maximum atomic E-state index is 5.10. The van der Waals surface area contributed by atoms with E-state index in [-0.39, 0.29) is 10.8 Å². The lowest BCUT2D eigenvalue weighted by atomic mass is 9.82. The molecule has 0 spiro atoms. The fourth-order valence-electron chi connectivity index (χ4n) is 15.9. The number of hydrogen-bond donors (Lipinski definition) is 0. The topological polar surface area (TPSA) is 53.5 Å². The van der Waals surface area contributed by atoms with Crippen LogP contribution >= 0.6 is 0 Å². The highest BCUT2D eigenvalue weighted by atomic mass is 15.0. The van der Waals surface area contributed by atoms with Crippen LogP contribution in [0.5, 0.6) is 0 Å². The summed E-state index contributed by atoms with van der Waals surface area (Å²) < 4.78 is 7.38. The van der Waals surface area contributed by atoms with E-state index in [1.807, 2.05) is 36.4 Å². The van der Waals surface area contributed by atoms with Crippen molar-refractivity contribution in [3.05, 3.63) is 313 Å². The van der Waals surface area contributed by atoms with Gasteiger partial charge in [0.2, 0.25) is 0 Å². The lowest BCUT2D eigenvalue weighted by Crippen LogP contribution is -2.15. The summed E-state index contributed by atoms with van der Waals surface area (Å²) in [5.74, 6) is 1.89. The van der Waals surface area contributed by atoms with E-state index in [4.69, 9.17) is 15.0 Å². The largest absolute Gasteiger partial charge is 0.309 e. The Balaban J connectivity index is 0.778. The maximum Gasteiger partial charge on any atom is 0.164 e. The average Bonchev–Trinajstić information content (AvgIpc) is 1.63. The van der Waals surface area contributed by atoms with E-state index in [1.165, 1.54) is 110 Å². The van der Waals surface area contributed by atoms with E-state index in [9.17, 15) is 0 Å². The molecule has 93 heavy (non-hydrogen) atoms. The van der Waals surface area contributed by atoms with Crippen LogP contribution in [0.3, 0.4) is 0 Å². The Bertz CT molecular complexity index is 5640. The Morgan fingerprint density at radius 1 is 0.215 bits per heavy atom. The van der Waals surface area contributed by atoms with E-state index < -0.39 is 0 Å². The first-order chi connectivity index (χ1) is 45.6. The van der Waals surface area contributed by atoms with E-state index in [0.29, 0.717) is 17.5 Å². The van der Waals surface area contributed by atoms with E-state index >= 15 is 0 Å². The molecular weight excluding hydrogens is 1130 g/mol. The summed E-state index contributed by atoms with van der Waals surface area (Å²) in [7, 11) is 0. The molecule has 0 unspecified atom stereocenters. The highest BCUT2D eigenvalue weighted by Crippen LogP contribution is 2.52. The Labute approximate surface area is 538 Å². The molecule has 0 amide bonds. The second kappa shape index (κ2) is 19.9. The molecule has 0 fully saturated rings. The molecule has 0 atom stereocenters. The van der Waals surface area contributed by atoms with Gasteiger partial charge in [-0.05, 0) is 164 Å². The van der Waals surface area contributed by atoms with Crippen molar-refractivity contribution in [3.8, 4) is 95.7 Å². The fraction of sp³-hybridized carbons (Fsp3) is 0.0690. The zero-order valence-corrected chi connectivity index (χ0v) is 51.9. The van der Waals surface area contributed by atoms with Crippen LogP contribution in [0.2, 0.25) is 0 Å². The highest BCUT2D eigenvalue weighted by Gasteiger charge is 2.37. The van der Waals surface area contributed by atoms with Gasteiger partial charge in [-0.3, -0.25) is 0 Å². The van der Waals surface area contributed by atoms with Gasteiger partial charge in [0.1, 0.15) is 0 Å². The van der Waals surface area contributed by atoms with Gasteiger partial charge in [0.15, 0.2) is 17.5 Å². The van der Waals surface area contributed by atoms with Crippen molar-refractivity contribution in [2.24, 2.45) is 0 Å². The molecule has 19 rings (SSSR count). The molecule has 6 heteroatoms. The number of fused-ring (bicyclic) bond motifs is 15. The summed E-state index contributed by atoms with van der Waals surface area (Å²) in [6.45, 7) is 9.47. The number of benzene rings is 13.